The van der Waals surface area contributed by atoms with Crippen molar-refractivity contribution in [3.63, 3.8) is 0 Å². The lowest BCUT2D eigenvalue weighted by Gasteiger charge is -2.11. The standard InChI is InChI=1S/C6H9O9P/c7-1-2(8)4(6(11)16(12,13)14)15-3(1)5(9)10/h1-4,7-8,12-14H/p+1/t1-,2+,3?,4+/m1/s1. The van der Waals surface area contributed by atoms with E-state index in [2.05, 4.69) is 4.74 Å². The van der Waals surface area contributed by atoms with E-state index in [1.54, 1.807) is 0 Å². The van der Waals surface area contributed by atoms with Gasteiger partial charge in [-0.05, 0) is 0 Å². The monoisotopic (exact) mass is 257 g/mol. The Labute approximate surface area is 89.1 Å². The van der Waals surface area contributed by atoms with Gasteiger partial charge in [-0.2, -0.15) is 14.7 Å². The fourth-order valence-electron chi connectivity index (χ4n) is 1.26. The number of carbonyl (C=O) groups is 2. The zero-order valence-corrected chi connectivity index (χ0v) is 8.56. The van der Waals surface area contributed by atoms with Gasteiger partial charge >= 0.3 is 19.4 Å². The van der Waals surface area contributed by atoms with Gasteiger partial charge in [-0.15, -0.1) is 0 Å². The van der Waals surface area contributed by atoms with Gasteiger partial charge in [-0.3, -0.25) is 0 Å². The van der Waals surface area contributed by atoms with E-state index in [1.165, 1.54) is 0 Å². The Bertz CT molecular complexity index is 310. The number of aliphatic hydroxyl groups is 2. The summed E-state index contributed by atoms with van der Waals surface area (Å²) in [5.74, 6) is -1.63. The SMILES string of the molecule is O=C(O)C1O[C@H](C(=O)[P+](O)(O)O)[C@@H](O)[C@H]1O. The second-order valence-corrected chi connectivity index (χ2v) is 4.78. The number of aliphatic carboxylic acids is 1. The number of hydrogen-bond acceptors (Lipinski definition) is 8. The summed E-state index contributed by atoms with van der Waals surface area (Å²) < 4.78 is 4.43. The minimum atomic E-state index is -4.90. The van der Waals surface area contributed by atoms with E-state index in [9.17, 15) is 19.8 Å². The third kappa shape index (κ3) is 2.36. The molecule has 9 nitrogen and oxygen atoms in total. The summed E-state index contributed by atoms with van der Waals surface area (Å²) in [5, 5.41) is 26.9. The highest BCUT2D eigenvalue weighted by atomic mass is 31.2. The van der Waals surface area contributed by atoms with E-state index in [0.717, 1.165) is 0 Å². The molecule has 1 unspecified atom stereocenters. The van der Waals surface area contributed by atoms with Crippen LogP contribution in [0.15, 0.2) is 0 Å². The first-order chi connectivity index (χ1) is 7.16. The van der Waals surface area contributed by atoms with E-state index in [4.69, 9.17) is 19.8 Å². The maximum Gasteiger partial charge on any atom is 0.481 e. The van der Waals surface area contributed by atoms with Crippen molar-refractivity contribution in [2.24, 2.45) is 0 Å². The molecule has 1 fully saturated rings. The lowest BCUT2D eigenvalue weighted by atomic mass is 10.1. The van der Waals surface area contributed by atoms with E-state index < -0.39 is 43.9 Å². The molecule has 1 rings (SSSR count). The highest BCUT2D eigenvalue weighted by Crippen LogP contribution is 2.48. The van der Waals surface area contributed by atoms with Crippen molar-refractivity contribution in [2.75, 3.05) is 0 Å². The maximum atomic E-state index is 11.1. The Kier molecular flexibility index (Phi) is 3.60. The van der Waals surface area contributed by atoms with Crippen LogP contribution in [-0.2, 0) is 14.3 Å². The maximum absolute atomic E-state index is 11.1. The van der Waals surface area contributed by atoms with Crippen LogP contribution in [-0.4, -0.2) is 65.9 Å². The van der Waals surface area contributed by atoms with Crippen LogP contribution in [0, 0.1) is 0 Å². The van der Waals surface area contributed by atoms with Crippen LogP contribution in [0.3, 0.4) is 0 Å². The summed E-state index contributed by atoms with van der Waals surface area (Å²) in [6, 6.07) is 0. The van der Waals surface area contributed by atoms with Gasteiger partial charge in [0.1, 0.15) is 12.2 Å². The fourth-order valence-corrected chi connectivity index (χ4v) is 1.81. The predicted molar refractivity (Wildman–Crippen MR) is 46.9 cm³/mol. The molecular weight excluding hydrogens is 247 g/mol. The van der Waals surface area contributed by atoms with Gasteiger partial charge in [-0.25, -0.2) is 9.59 Å². The number of carbonyl (C=O) groups excluding carboxylic acids is 1. The third-order valence-corrected chi connectivity index (χ3v) is 2.89. The first-order valence-corrected chi connectivity index (χ1v) is 5.67. The summed E-state index contributed by atoms with van der Waals surface area (Å²) >= 11 is 0. The summed E-state index contributed by atoms with van der Waals surface area (Å²) in [5.41, 5.74) is -1.65. The quantitative estimate of drug-likeness (QED) is 0.286. The average Bonchev–Trinajstić information content (AvgIpc) is 2.41. The lowest BCUT2D eigenvalue weighted by Crippen LogP contribution is -2.38. The van der Waals surface area contributed by atoms with Crippen LogP contribution >= 0.6 is 7.94 Å². The zero-order valence-electron chi connectivity index (χ0n) is 7.66. The largest absolute Gasteiger partial charge is 0.481 e. The van der Waals surface area contributed by atoms with Crippen LogP contribution in [0.2, 0.25) is 0 Å². The predicted octanol–water partition coefficient (Wildman–Crippen LogP) is -3.17. The molecular formula is C6H10O9P+. The molecule has 0 aromatic carbocycles. The first kappa shape index (κ1) is 13.4. The molecule has 0 radical (unpaired) electrons. The number of carboxylic acid groups (broad SMARTS) is 1. The molecule has 6 N–H and O–H groups in total. The smallest absolute Gasteiger partial charge is 0.479 e. The Hall–Kier alpha value is -0.670. The summed E-state index contributed by atoms with van der Waals surface area (Å²) in [7, 11) is -4.90. The molecule has 1 saturated heterocycles. The Morgan fingerprint density at radius 2 is 1.44 bits per heavy atom. The van der Waals surface area contributed by atoms with Crippen molar-refractivity contribution in [3.8, 4) is 0 Å². The Balaban J connectivity index is 2.87. The lowest BCUT2D eigenvalue weighted by molar-refractivity contribution is -0.154. The molecule has 0 aromatic rings. The normalized spacial score (nSPS) is 35.1. The van der Waals surface area contributed by atoms with E-state index in [1.807, 2.05) is 0 Å². The van der Waals surface area contributed by atoms with Gasteiger partial charge in [0.25, 0.3) is 0 Å². The van der Waals surface area contributed by atoms with Crippen LogP contribution in [0.1, 0.15) is 0 Å². The van der Waals surface area contributed by atoms with Gasteiger partial charge in [0.05, 0.1) is 0 Å². The van der Waals surface area contributed by atoms with Gasteiger partial charge in [0.2, 0.25) is 0 Å². The Morgan fingerprint density at radius 1 is 1.00 bits per heavy atom. The molecule has 4 atom stereocenters. The minimum Gasteiger partial charge on any atom is -0.479 e. The van der Waals surface area contributed by atoms with Crippen molar-refractivity contribution in [3.05, 3.63) is 0 Å². The minimum absolute atomic E-state index is 1.63. The average molecular weight is 257 g/mol. The van der Waals surface area contributed by atoms with Crippen molar-refractivity contribution < 1.29 is 44.3 Å². The van der Waals surface area contributed by atoms with Gasteiger partial charge < -0.3 is 20.1 Å². The van der Waals surface area contributed by atoms with E-state index >= 15 is 0 Å². The van der Waals surface area contributed by atoms with Crippen molar-refractivity contribution in [2.45, 2.75) is 24.4 Å². The van der Waals surface area contributed by atoms with Gasteiger partial charge in [0, 0.05) is 0 Å². The number of ether oxygens (including phenoxy) is 1. The molecule has 10 heteroatoms. The number of hydrogen-bond donors (Lipinski definition) is 6. The Morgan fingerprint density at radius 3 is 1.75 bits per heavy atom. The zero-order chi connectivity index (χ0) is 12.7. The number of aliphatic hydroxyl groups excluding tert-OH is 2. The van der Waals surface area contributed by atoms with Crippen molar-refractivity contribution in [1.29, 1.82) is 0 Å². The molecule has 1 aliphatic rings. The molecule has 0 spiro atoms. The van der Waals surface area contributed by atoms with E-state index in [0.29, 0.717) is 0 Å². The molecule has 92 valence electrons. The second kappa shape index (κ2) is 4.30. The van der Waals surface area contributed by atoms with Gasteiger partial charge in [0.15, 0.2) is 12.2 Å². The van der Waals surface area contributed by atoms with Crippen LogP contribution in [0.4, 0.5) is 0 Å². The summed E-state index contributed by atoms with van der Waals surface area (Å²) in [6.07, 6.45) is -7.68. The number of rotatable bonds is 3. The second-order valence-electron chi connectivity index (χ2n) is 3.20. The van der Waals surface area contributed by atoms with Crippen molar-refractivity contribution in [1.82, 2.24) is 0 Å². The molecule has 16 heavy (non-hydrogen) atoms. The highest BCUT2D eigenvalue weighted by molar-refractivity contribution is 7.76. The van der Waals surface area contributed by atoms with Gasteiger partial charge in [-0.1, -0.05) is 0 Å². The van der Waals surface area contributed by atoms with Crippen LogP contribution in [0.25, 0.3) is 0 Å². The van der Waals surface area contributed by atoms with Crippen LogP contribution < -0.4 is 0 Å². The van der Waals surface area contributed by atoms with E-state index in [-0.39, 0.29) is 0 Å². The molecule has 1 heterocycles. The fraction of sp³-hybridized carbons (Fsp3) is 0.667. The molecule has 0 aromatic heterocycles. The first-order valence-electron chi connectivity index (χ1n) is 4.02. The topological polar surface area (TPSA) is 165 Å². The summed E-state index contributed by atoms with van der Waals surface area (Å²) in [6.45, 7) is 0. The molecule has 0 bridgehead atoms. The summed E-state index contributed by atoms with van der Waals surface area (Å²) in [4.78, 5) is 47.5. The number of carboxylic acids is 1. The molecule has 0 amide bonds. The van der Waals surface area contributed by atoms with Crippen LogP contribution in [0.5, 0.6) is 0 Å². The highest BCUT2D eigenvalue weighted by Gasteiger charge is 2.59. The molecule has 0 aliphatic carbocycles. The molecule has 1 aliphatic heterocycles. The van der Waals surface area contributed by atoms with Crippen molar-refractivity contribution >= 4 is 19.4 Å². The molecule has 0 saturated carbocycles. The third-order valence-electron chi connectivity index (χ3n) is 2.05.